The minimum atomic E-state index is -5.08. The zero-order valence-electron chi connectivity index (χ0n) is 16.6. The molecule has 0 spiro atoms. The molecule has 2 saturated heterocycles. The Morgan fingerprint density at radius 2 is 1.90 bits per heavy atom. The summed E-state index contributed by atoms with van der Waals surface area (Å²) in [7, 11) is 0. The first-order chi connectivity index (χ1) is 14.1. The fraction of sp³-hybridized carbons (Fsp3) is 0.684. The van der Waals surface area contributed by atoms with Crippen molar-refractivity contribution in [2.75, 3.05) is 39.3 Å². The number of halogens is 3. The van der Waals surface area contributed by atoms with Crippen LogP contribution in [0, 0.1) is 18.8 Å². The molecule has 0 unspecified atom stereocenters. The van der Waals surface area contributed by atoms with Crippen LogP contribution in [0.5, 0.6) is 0 Å². The number of rotatable bonds is 3. The van der Waals surface area contributed by atoms with Crippen molar-refractivity contribution in [2.24, 2.45) is 11.8 Å². The number of aromatic nitrogens is 2. The number of alkyl halides is 3. The molecule has 1 aromatic rings. The van der Waals surface area contributed by atoms with Gasteiger partial charge in [-0.2, -0.15) is 13.2 Å². The summed E-state index contributed by atoms with van der Waals surface area (Å²) in [6, 6.07) is 0. The molecule has 1 N–H and O–H groups in total. The number of aliphatic carboxylic acids is 1. The number of amides is 1. The van der Waals surface area contributed by atoms with Crippen LogP contribution < -0.4 is 0 Å². The highest BCUT2D eigenvalue weighted by Gasteiger charge is 2.40. The molecule has 2 aliphatic heterocycles. The third kappa shape index (κ3) is 6.11. The molecule has 3 aliphatic rings. The minimum Gasteiger partial charge on any atom is -0.475 e. The Bertz CT molecular complexity index is 755. The molecule has 30 heavy (non-hydrogen) atoms. The Balaban J connectivity index is 0.000000318. The van der Waals surface area contributed by atoms with Crippen LogP contribution in [0.3, 0.4) is 0 Å². The van der Waals surface area contributed by atoms with Gasteiger partial charge in [0.15, 0.2) is 0 Å². The quantitative estimate of drug-likeness (QED) is 0.778. The predicted molar refractivity (Wildman–Crippen MR) is 98.8 cm³/mol. The first kappa shape index (κ1) is 22.4. The van der Waals surface area contributed by atoms with Gasteiger partial charge in [0.1, 0.15) is 5.69 Å². The average Bonchev–Trinajstić information content (AvgIpc) is 3.44. The van der Waals surface area contributed by atoms with Crippen molar-refractivity contribution in [1.29, 1.82) is 0 Å². The van der Waals surface area contributed by atoms with Crippen LogP contribution in [0.4, 0.5) is 13.2 Å². The molecule has 0 radical (unpaired) electrons. The zero-order valence-corrected chi connectivity index (χ0v) is 16.6. The van der Waals surface area contributed by atoms with E-state index in [9.17, 15) is 18.0 Å². The molecule has 11 heteroatoms. The number of nitrogens with zero attached hydrogens (tertiary/aromatic N) is 4. The maximum Gasteiger partial charge on any atom is 0.490 e. The topological polar surface area (TPSA) is 95.9 Å². The molecule has 0 bridgehead atoms. The zero-order chi connectivity index (χ0) is 21.9. The lowest BCUT2D eigenvalue weighted by molar-refractivity contribution is -0.192. The van der Waals surface area contributed by atoms with Crippen LogP contribution in [0.25, 0.3) is 0 Å². The van der Waals surface area contributed by atoms with E-state index in [1.165, 1.54) is 19.4 Å². The van der Waals surface area contributed by atoms with Crippen LogP contribution in [0.2, 0.25) is 0 Å². The number of fused-ring (bicyclic) bond motifs is 1. The second-order valence-corrected chi connectivity index (χ2v) is 7.93. The normalized spacial score (nSPS) is 24.5. The molecule has 4 rings (SSSR count). The summed E-state index contributed by atoms with van der Waals surface area (Å²) in [6.45, 7) is 7.36. The average molecular weight is 430 g/mol. The van der Waals surface area contributed by atoms with E-state index in [0.29, 0.717) is 18.2 Å². The number of carbonyl (C=O) groups excluding carboxylic acids is 1. The van der Waals surface area contributed by atoms with Crippen molar-refractivity contribution < 1.29 is 32.6 Å². The number of carboxylic acid groups (broad SMARTS) is 1. The molecule has 3 heterocycles. The summed E-state index contributed by atoms with van der Waals surface area (Å²) >= 11 is 0. The number of ether oxygens (including phenoxy) is 1. The fourth-order valence-corrected chi connectivity index (χ4v) is 3.62. The number of likely N-dealkylation sites (tertiary alicyclic amines) is 1. The van der Waals surface area contributed by atoms with E-state index in [0.717, 1.165) is 37.9 Å². The van der Waals surface area contributed by atoms with Crippen molar-refractivity contribution in [3.8, 4) is 0 Å². The molecular weight excluding hydrogens is 405 g/mol. The van der Waals surface area contributed by atoms with E-state index in [1.54, 1.807) is 12.4 Å². The van der Waals surface area contributed by atoms with Gasteiger partial charge in [-0.05, 0) is 25.7 Å². The van der Waals surface area contributed by atoms with Gasteiger partial charge in [-0.3, -0.25) is 9.78 Å². The summed E-state index contributed by atoms with van der Waals surface area (Å²) in [5.74, 6) is -1.47. The molecule has 0 aromatic carbocycles. The van der Waals surface area contributed by atoms with E-state index in [4.69, 9.17) is 14.6 Å². The standard InChI is InChI=1S/C17H24N4O2.C2HF3O2/c1-12-6-19-15(7-18-12)17(22)21-10-14-9-20(8-13-2-3-13)4-5-23-16(14)11-21;3-2(4,5)1(6)7/h6-7,13-14,16H,2-5,8-11H2,1H3;(H,6,7)/t14-,16+;/m0./s1. The summed E-state index contributed by atoms with van der Waals surface area (Å²) < 4.78 is 37.8. The summed E-state index contributed by atoms with van der Waals surface area (Å²) in [6.07, 6.45) is 1.06. The SMILES string of the molecule is Cc1cnc(C(=O)N2C[C@@H]3CN(CC4CC4)CCO[C@@H]3C2)cn1.O=C(O)C(F)(F)F. The van der Waals surface area contributed by atoms with Gasteiger partial charge in [0.25, 0.3) is 5.91 Å². The Labute approximate surface area is 172 Å². The molecule has 1 aliphatic carbocycles. The first-order valence-corrected chi connectivity index (χ1v) is 9.85. The highest BCUT2D eigenvalue weighted by Crippen LogP contribution is 2.31. The maximum absolute atomic E-state index is 12.6. The number of hydrogen-bond acceptors (Lipinski definition) is 6. The highest BCUT2D eigenvalue weighted by atomic mass is 19.4. The Morgan fingerprint density at radius 1 is 1.20 bits per heavy atom. The predicted octanol–water partition coefficient (Wildman–Crippen LogP) is 1.60. The van der Waals surface area contributed by atoms with Crippen LogP contribution in [0.1, 0.15) is 29.0 Å². The van der Waals surface area contributed by atoms with Gasteiger partial charge in [0.05, 0.1) is 24.6 Å². The Hall–Kier alpha value is -2.27. The second-order valence-electron chi connectivity index (χ2n) is 7.93. The monoisotopic (exact) mass is 430 g/mol. The molecule has 8 nitrogen and oxygen atoms in total. The molecule has 1 aromatic heterocycles. The van der Waals surface area contributed by atoms with Crippen molar-refractivity contribution >= 4 is 11.9 Å². The van der Waals surface area contributed by atoms with E-state index >= 15 is 0 Å². The van der Waals surface area contributed by atoms with Gasteiger partial charge >= 0.3 is 12.1 Å². The molecule has 166 valence electrons. The lowest BCUT2D eigenvalue weighted by Gasteiger charge is -2.23. The lowest BCUT2D eigenvalue weighted by Crippen LogP contribution is -2.35. The van der Waals surface area contributed by atoms with Crippen molar-refractivity contribution in [3.63, 3.8) is 0 Å². The van der Waals surface area contributed by atoms with Crippen LogP contribution in [0.15, 0.2) is 12.4 Å². The van der Waals surface area contributed by atoms with E-state index < -0.39 is 12.1 Å². The van der Waals surface area contributed by atoms with E-state index in [1.807, 2.05) is 11.8 Å². The number of aryl methyl sites for hydroxylation is 1. The minimum absolute atomic E-state index is 0.0251. The van der Waals surface area contributed by atoms with Gasteiger partial charge in [-0.1, -0.05) is 0 Å². The summed E-state index contributed by atoms with van der Waals surface area (Å²) in [5.41, 5.74) is 1.26. The molecule has 1 saturated carbocycles. The van der Waals surface area contributed by atoms with Gasteiger partial charge in [0.2, 0.25) is 0 Å². The summed E-state index contributed by atoms with van der Waals surface area (Å²) in [5, 5.41) is 7.12. The smallest absolute Gasteiger partial charge is 0.475 e. The van der Waals surface area contributed by atoms with E-state index in [2.05, 4.69) is 14.9 Å². The number of carboxylic acids is 1. The number of carbonyl (C=O) groups is 2. The first-order valence-electron chi connectivity index (χ1n) is 9.85. The fourth-order valence-electron chi connectivity index (χ4n) is 3.62. The van der Waals surface area contributed by atoms with Crippen LogP contribution >= 0.6 is 0 Å². The third-order valence-corrected chi connectivity index (χ3v) is 5.36. The maximum atomic E-state index is 12.6. The summed E-state index contributed by atoms with van der Waals surface area (Å²) in [4.78, 5) is 34.3. The third-order valence-electron chi connectivity index (χ3n) is 5.36. The largest absolute Gasteiger partial charge is 0.490 e. The van der Waals surface area contributed by atoms with Gasteiger partial charge in [0, 0.05) is 44.8 Å². The highest BCUT2D eigenvalue weighted by molar-refractivity contribution is 5.92. The van der Waals surface area contributed by atoms with Crippen molar-refractivity contribution in [3.05, 3.63) is 23.8 Å². The lowest BCUT2D eigenvalue weighted by atomic mass is 10.1. The molecule has 3 fully saturated rings. The Kier molecular flexibility index (Phi) is 6.91. The van der Waals surface area contributed by atoms with Gasteiger partial charge < -0.3 is 19.6 Å². The molecule has 2 atom stereocenters. The van der Waals surface area contributed by atoms with Crippen molar-refractivity contribution in [1.82, 2.24) is 19.8 Å². The van der Waals surface area contributed by atoms with Gasteiger partial charge in [-0.25, -0.2) is 9.78 Å². The van der Waals surface area contributed by atoms with Gasteiger partial charge in [-0.15, -0.1) is 0 Å². The Morgan fingerprint density at radius 3 is 2.47 bits per heavy atom. The molecular formula is C19H25F3N4O4. The van der Waals surface area contributed by atoms with Crippen LogP contribution in [-0.2, 0) is 9.53 Å². The van der Waals surface area contributed by atoms with Crippen LogP contribution in [-0.4, -0.2) is 88.4 Å². The number of hydrogen-bond donors (Lipinski definition) is 1. The van der Waals surface area contributed by atoms with Crippen molar-refractivity contribution in [2.45, 2.75) is 32.0 Å². The van der Waals surface area contributed by atoms with E-state index in [-0.39, 0.29) is 12.0 Å². The second kappa shape index (κ2) is 9.25. The molecule has 1 amide bonds.